The molecular weight excluding hydrogens is 202 g/mol. The lowest BCUT2D eigenvalue weighted by atomic mass is 9.95. The average Bonchev–Trinajstić information content (AvgIpc) is 2.81. The van der Waals surface area contributed by atoms with Crippen molar-refractivity contribution < 1.29 is 9.47 Å². The van der Waals surface area contributed by atoms with Crippen molar-refractivity contribution in [2.45, 2.75) is 19.3 Å². The van der Waals surface area contributed by atoms with Crippen molar-refractivity contribution in [1.82, 2.24) is 5.32 Å². The second-order valence-electron chi connectivity index (χ2n) is 4.57. The van der Waals surface area contributed by atoms with E-state index >= 15 is 0 Å². The molecule has 0 aliphatic carbocycles. The van der Waals surface area contributed by atoms with Gasteiger partial charge in [0.05, 0.1) is 0 Å². The highest BCUT2D eigenvalue weighted by atomic mass is 16.6. The number of aryl methyl sites for hydroxylation is 1. The minimum Gasteiger partial charge on any atom is -0.486 e. The van der Waals surface area contributed by atoms with Gasteiger partial charge in [-0.2, -0.15) is 0 Å². The molecule has 16 heavy (non-hydrogen) atoms. The van der Waals surface area contributed by atoms with Crippen LogP contribution >= 0.6 is 0 Å². The fourth-order valence-corrected chi connectivity index (χ4v) is 2.55. The molecule has 1 N–H and O–H groups in total. The van der Waals surface area contributed by atoms with Gasteiger partial charge in [0.25, 0.3) is 0 Å². The first-order chi connectivity index (χ1) is 7.84. The molecule has 1 saturated heterocycles. The van der Waals surface area contributed by atoms with Gasteiger partial charge in [-0.3, -0.25) is 0 Å². The van der Waals surface area contributed by atoms with Gasteiger partial charge in [-0.1, -0.05) is 6.07 Å². The van der Waals surface area contributed by atoms with Crippen LogP contribution in [-0.4, -0.2) is 26.3 Å². The summed E-state index contributed by atoms with van der Waals surface area (Å²) < 4.78 is 11.4. The molecule has 86 valence electrons. The molecule has 0 saturated carbocycles. The Morgan fingerprint density at radius 2 is 2.12 bits per heavy atom. The van der Waals surface area contributed by atoms with Crippen LogP contribution in [0.1, 0.15) is 23.5 Å². The zero-order valence-electron chi connectivity index (χ0n) is 9.58. The van der Waals surface area contributed by atoms with Crippen LogP contribution in [0.3, 0.4) is 0 Å². The van der Waals surface area contributed by atoms with Crippen molar-refractivity contribution in [3.05, 3.63) is 23.3 Å². The van der Waals surface area contributed by atoms with E-state index in [1.807, 2.05) is 0 Å². The smallest absolute Gasteiger partial charge is 0.164 e. The molecule has 0 spiro atoms. The van der Waals surface area contributed by atoms with E-state index in [1.54, 1.807) is 0 Å². The Balaban J connectivity index is 2.04. The summed E-state index contributed by atoms with van der Waals surface area (Å²) in [7, 11) is 0. The predicted octanol–water partition coefficient (Wildman–Crippen LogP) is 1.84. The normalized spacial score (nSPS) is 23.4. The van der Waals surface area contributed by atoms with Gasteiger partial charge in [-0.05, 0) is 31.5 Å². The van der Waals surface area contributed by atoms with Crippen LogP contribution in [0.4, 0.5) is 0 Å². The molecule has 2 heterocycles. The molecule has 3 rings (SSSR count). The van der Waals surface area contributed by atoms with E-state index in [1.165, 1.54) is 17.5 Å². The van der Waals surface area contributed by atoms with Crippen molar-refractivity contribution in [1.29, 1.82) is 0 Å². The molecule has 1 atom stereocenters. The summed E-state index contributed by atoms with van der Waals surface area (Å²) in [6.07, 6.45) is 1.19. The summed E-state index contributed by atoms with van der Waals surface area (Å²) in [5.41, 5.74) is 2.57. The van der Waals surface area contributed by atoms with Crippen LogP contribution in [0, 0.1) is 6.92 Å². The van der Waals surface area contributed by atoms with Gasteiger partial charge in [0.2, 0.25) is 0 Å². The first-order valence-corrected chi connectivity index (χ1v) is 5.95. The third-order valence-corrected chi connectivity index (χ3v) is 3.32. The van der Waals surface area contributed by atoms with Crippen LogP contribution in [-0.2, 0) is 0 Å². The summed E-state index contributed by atoms with van der Waals surface area (Å²) in [4.78, 5) is 0. The SMILES string of the molecule is Cc1cc2c(c(C3CCNC3)c1)OCCO2. The molecule has 3 nitrogen and oxygen atoms in total. The Morgan fingerprint density at radius 3 is 2.94 bits per heavy atom. The maximum atomic E-state index is 5.77. The van der Waals surface area contributed by atoms with Gasteiger partial charge < -0.3 is 14.8 Å². The minimum absolute atomic E-state index is 0.579. The van der Waals surface area contributed by atoms with Gasteiger partial charge in [-0.25, -0.2) is 0 Å². The molecular formula is C13H17NO2. The Morgan fingerprint density at radius 1 is 1.25 bits per heavy atom. The number of hydrogen-bond donors (Lipinski definition) is 1. The number of rotatable bonds is 1. The van der Waals surface area contributed by atoms with Crippen molar-refractivity contribution in [2.75, 3.05) is 26.3 Å². The maximum absolute atomic E-state index is 5.77. The lowest BCUT2D eigenvalue weighted by molar-refractivity contribution is 0.169. The van der Waals surface area contributed by atoms with Gasteiger partial charge in [0.1, 0.15) is 13.2 Å². The van der Waals surface area contributed by atoms with Gasteiger partial charge in [0, 0.05) is 18.0 Å². The van der Waals surface area contributed by atoms with Gasteiger partial charge >= 0.3 is 0 Å². The van der Waals surface area contributed by atoms with Crippen LogP contribution in [0.5, 0.6) is 11.5 Å². The third-order valence-electron chi connectivity index (χ3n) is 3.32. The van der Waals surface area contributed by atoms with Gasteiger partial charge in [0.15, 0.2) is 11.5 Å². The number of hydrogen-bond acceptors (Lipinski definition) is 3. The fourth-order valence-electron chi connectivity index (χ4n) is 2.55. The van der Waals surface area contributed by atoms with E-state index in [0.29, 0.717) is 19.1 Å². The van der Waals surface area contributed by atoms with Crippen molar-refractivity contribution >= 4 is 0 Å². The van der Waals surface area contributed by atoms with E-state index in [0.717, 1.165) is 24.6 Å². The van der Waals surface area contributed by atoms with Crippen molar-refractivity contribution in [3.63, 3.8) is 0 Å². The first kappa shape index (κ1) is 9.97. The van der Waals surface area contributed by atoms with Crippen LogP contribution in [0.15, 0.2) is 12.1 Å². The van der Waals surface area contributed by atoms with E-state index in [9.17, 15) is 0 Å². The Labute approximate surface area is 95.8 Å². The van der Waals surface area contributed by atoms with E-state index in [2.05, 4.69) is 24.4 Å². The molecule has 1 fully saturated rings. The number of nitrogens with one attached hydrogen (secondary N) is 1. The lowest BCUT2D eigenvalue weighted by Gasteiger charge is -2.24. The number of benzene rings is 1. The molecule has 1 aromatic carbocycles. The molecule has 0 amide bonds. The number of fused-ring (bicyclic) bond motifs is 1. The second kappa shape index (κ2) is 3.98. The van der Waals surface area contributed by atoms with Crippen LogP contribution in [0.25, 0.3) is 0 Å². The molecule has 2 aliphatic rings. The standard InChI is InChI=1S/C13H17NO2/c1-9-6-11(10-2-3-14-8-10)13-12(7-9)15-4-5-16-13/h6-7,10,14H,2-5,8H2,1H3. The lowest BCUT2D eigenvalue weighted by Crippen LogP contribution is -2.18. The van der Waals surface area contributed by atoms with E-state index < -0.39 is 0 Å². The molecule has 1 unspecified atom stereocenters. The van der Waals surface area contributed by atoms with Crippen LogP contribution in [0.2, 0.25) is 0 Å². The molecule has 2 aliphatic heterocycles. The fraction of sp³-hybridized carbons (Fsp3) is 0.538. The Hall–Kier alpha value is -1.22. The highest BCUT2D eigenvalue weighted by Crippen LogP contribution is 2.40. The molecule has 0 aromatic heterocycles. The zero-order valence-corrected chi connectivity index (χ0v) is 9.58. The Bertz CT molecular complexity index is 397. The first-order valence-electron chi connectivity index (χ1n) is 5.95. The number of ether oxygens (including phenoxy) is 2. The third kappa shape index (κ3) is 1.65. The molecule has 3 heteroatoms. The average molecular weight is 219 g/mol. The van der Waals surface area contributed by atoms with E-state index in [4.69, 9.17) is 9.47 Å². The summed E-state index contributed by atoms with van der Waals surface area (Å²) >= 11 is 0. The monoisotopic (exact) mass is 219 g/mol. The van der Waals surface area contributed by atoms with Crippen molar-refractivity contribution in [2.24, 2.45) is 0 Å². The second-order valence-corrected chi connectivity index (χ2v) is 4.57. The maximum Gasteiger partial charge on any atom is 0.164 e. The summed E-state index contributed by atoms with van der Waals surface area (Å²) in [6, 6.07) is 4.31. The highest BCUT2D eigenvalue weighted by Gasteiger charge is 2.25. The predicted molar refractivity (Wildman–Crippen MR) is 62.4 cm³/mol. The molecule has 0 radical (unpaired) electrons. The van der Waals surface area contributed by atoms with Gasteiger partial charge in [-0.15, -0.1) is 0 Å². The topological polar surface area (TPSA) is 30.5 Å². The van der Waals surface area contributed by atoms with E-state index in [-0.39, 0.29) is 0 Å². The summed E-state index contributed by atoms with van der Waals surface area (Å²) in [5.74, 6) is 2.48. The molecule has 0 bridgehead atoms. The quantitative estimate of drug-likeness (QED) is 0.782. The highest BCUT2D eigenvalue weighted by molar-refractivity contribution is 5.51. The largest absolute Gasteiger partial charge is 0.486 e. The minimum atomic E-state index is 0.579. The Kier molecular flexibility index (Phi) is 2.48. The van der Waals surface area contributed by atoms with Crippen LogP contribution < -0.4 is 14.8 Å². The zero-order chi connectivity index (χ0) is 11.0. The summed E-state index contributed by atoms with van der Waals surface area (Å²) in [5, 5.41) is 3.40. The summed E-state index contributed by atoms with van der Waals surface area (Å²) in [6.45, 7) is 5.61. The molecule has 1 aromatic rings. The van der Waals surface area contributed by atoms with Crippen molar-refractivity contribution in [3.8, 4) is 11.5 Å².